The van der Waals surface area contributed by atoms with Crippen LogP contribution in [0.4, 0.5) is 10.5 Å². The number of carbonyl (C=O) groups is 2. The third kappa shape index (κ3) is 4.01. The molecule has 0 bridgehead atoms. The number of urea groups is 1. The van der Waals surface area contributed by atoms with Crippen molar-refractivity contribution in [1.82, 2.24) is 5.32 Å². The highest BCUT2D eigenvalue weighted by molar-refractivity contribution is 5.92. The van der Waals surface area contributed by atoms with Gasteiger partial charge >= 0.3 is 12.0 Å². The van der Waals surface area contributed by atoms with Crippen LogP contribution in [0.1, 0.15) is 19.8 Å². The van der Waals surface area contributed by atoms with Gasteiger partial charge < -0.3 is 25.2 Å². The summed E-state index contributed by atoms with van der Waals surface area (Å²) in [5, 5.41) is 13.9. The minimum Gasteiger partial charge on any atom is -0.490 e. The minimum atomic E-state index is -1.06. The van der Waals surface area contributed by atoms with Gasteiger partial charge in [0.05, 0.1) is 13.2 Å². The number of nitrogens with one attached hydrogen (secondary N) is 2. The maximum atomic E-state index is 11.8. The molecular formula is C14H18N2O5. The quantitative estimate of drug-likeness (QED) is 0.787. The Morgan fingerprint density at radius 3 is 2.67 bits per heavy atom. The fourth-order valence-corrected chi connectivity index (χ4v) is 1.90. The lowest BCUT2D eigenvalue weighted by Crippen LogP contribution is -2.42. The molecule has 1 unspecified atom stereocenters. The van der Waals surface area contributed by atoms with E-state index in [9.17, 15) is 9.59 Å². The Balaban J connectivity index is 2.01. The molecule has 0 radical (unpaired) electrons. The molecule has 0 aliphatic carbocycles. The average Bonchev–Trinajstić information content (AvgIpc) is 2.69. The van der Waals surface area contributed by atoms with Crippen LogP contribution in [0.5, 0.6) is 11.5 Å². The smallest absolute Gasteiger partial charge is 0.326 e. The standard InChI is InChI=1S/C14H18N2O5/c1-2-10(13(17)18)16-14(19)15-9-4-5-11-12(8-9)21-7-3-6-20-11/h4-5,8,10H,2-3,6-7H2,1H3,(H,17,18)(H2,15,16,19). The first kappa shape index (κ1) is 15.0. The predicted molar refractivity (Wildman–Crippen MR) is 75.9 cm³/mol. The molecule has 3 N–H and O–H groups in total. The van der Waals surface area contributed by atoms with E-state index in [1.165, 1.54) is 0 Å². The van der Waals surface area contributed by atoms with E-state index in [1.807, 2.05) is 0 Å². The molecule has 1 aromatic rings. The summed E-state index contributed by atoms with van der Waals surface area (Å²) in [6.07, 6.45) is 1.11. The van der Waals surface area contributed by atoms with Crippen molar-refractivity contribution in [3.05, 3.63) is 18.2 Å². The summed E-state index contributed by atoms with van der Waals surface area (Å²) in [6.45, 7) is 2.84. The predicted octanol–water partition coefficient (Wildman–Crippen LogP) is 1.83. The van der Waals surface area contributed by atoms with Crippen molar-refractivity contribution in [2.75, 3.05) is 18.5 Å². The molecule has 0 spiro atoms. The molecule has 1 aliphatic heterocycles. The Bertz CT molecular complexity index is 532. The molecule has 7 heteroatoms. The van der Waals surface area contributed by atoms with Gasteiger partial charge in [0.2, 0.25) is 0 Å². The van der Waals surface area contributed by atoms with Gasteiger partial charge in [-0.3, -0.25) is 0 Å². The van der Waals surface area contributed by atoms with Gasteiger partial charge in [-0.2, -0.15) is 0 Å². The largest absolute Gasteiger partial charge is 0.490 e. The van der Waals surface area contributed by atoms with Crippen LogP contribution in [0.15, 0.2) is 18.2 Å². The molecule has 0 fully saturated rings. The summed E-state index contributed by atoms with van der Waals surface area (Å²) in [5.74, 6) is 0.136. The Labute approximate surface area is 122 Å². The molecule has 2 rings (SSSR count). The van der Waals surface area contributed by atoms with E-state index in [0.29, 0.717) is 36.8 Å². The zero-order chi connectivity index (χ0) is 15.2. The fourth-order valence-electron chi connectivity index (χ4n) is 1.90. The number of amides is 2. The van der Waals surface area contributed by atoms with Crippen LogP contribution in [0.2, 0.25) is 0 Å². The molecular weight excluding hydrogens is 276 g/mol. The Morgan fingerprint density at radius 1 is 1.29 bits per heavy atom. The van der Waals surface area contributed by atoms with Crippen LogP contribution in [0, 0.1) is 0 Å². The average molecular weight is 294 g/mol. The highest BCUT2D eigenvalue weighted by atomic mass is 16.5. The number of ether oxygens (including phenoxy) is 2. The van der Waals surface area contributed by atoms with Crippen LogP contribution >= 0.6 is 0 Å². The lowest BCUT2D eigenvalue weighted by atomic mass is 10.2. The summed E-state index contributed by atoms with van der Waals surface area (Å²) in [6, 6.07) is 3.56. The van der Waals surface area contributed by atoms with Crippen molar-refractivity contribution in [2.45, 2.75) is 25.8 Å². The van der Waals surface area contributed by atoms with Gasteiger partial charge in [0, 0.05) is 18.2 Å². The normalized spacial score (nSPS) is 14.7. The van der Waals surface area contributed by atoms with Crippen LogP contribution < -0.4 is 20.1 Å². The first-order chi connectivity index (χ1) is 10.1. The molecule has 21 heavy (non-hydrogen) atoms. The Hall–Kier alpha value is -2.44. The summed E-state index contributed by atoms with van der Waals surface area (Å²) in [4.78, 5) is 22.6. The number of hydrogen-bond acceptors (Lipinski definition) is 4. The highest BCUT2D eigenvalue weighted by Gasteiger charge is 2.18. The molecule has 0 saturated heterocycles. The van der Waals surface area contributed by atoms with Gasteiger partial charge in [-0.25, -0.2) is 9.59 Å². The first-order valence-corrected chi connectivity index (χ1v) is 6.80. The van der Waals surface area contributed by atoms with E-state index >= 15 is 0 Å². The first-order valence-electron chi connectivity index (χ1n) is 6.80. The molecule has 2 amide bonds. The van der Waals surface area contributed by atoms with Crippen molar-refractivity contribution in [1.29, 1.82) is 0 Å². The zero-order valence-corrected chi connectivity index (χ0v) is 11.7. The van der Waals surface area contributed by atoms with Crippen molar-refractivity contribution < 1.29 is 24.2 Å². The van der Waals surface area contributed by atoms with Crippen molar-refractivity contribution in [3.8, 4) is 11.5 Å². The number of carbonyl (C=O) groups excluding carboxylic acids is 1. The molecule has 114 valence electrons. The number of fused-ring (bicyclic) bond motifs is 1. The maximum Gasteiger partial charge on any atom is 0.326 e. The molecule has 1 atom stereocenters. The molecule has 1 heterocycles. The second-order valence-corrected chi connectivity index (χ2v) is 4.61. The molecule has 7 nitrogen and oxygen atoms in total. The van der Waals surface area contributed by atoms with Crippen molar-refractivity contribution in [3.63, 3.8) is 0 Å². The number of benzene rings is 1. The number of rotatable bonds is 4. The van der Waals surface area contributed by atoms with Gasteiger partial charge in [0.1, 0.15) is 6.04 Å². The van der Waals surface area contributed by atoms with E-state index in [1.54, 1.807) is 25.1 Å². The SMILES string of the molecule is CCC(NC(=O)Nc1ccc2c(c1)OCCCO2)C(=O)O. The molecule has 1 aromatic carbocycles. The molecule has 0 aromatic heterocycles. The van der Waals surface area contributed by atoms with Crippen LogP contribution in [-0.4, -0.2) is 36.4 Å². The topological polar surface area (TPSA) is 96.9 Å². The minimum absolute atomic E-state index is 0.309. The van der Waals surface area contributed by atoms with Crippen LogP contribution in [-0.2, 0) is 4.79 Å². The number of hydrogen-bond donors (Lipinski definition) is 3. The Morgan fingerprint density at radius 2 is 2.00 bits per heavy atom. The van der Waals surface area contributed by atoms with Crippen molar-refractivity contribution in [2.24, 2.45) is 0 Å². The Kier molecular flexibility index (Phi) is 4.86. The van der Waals surface area contributed by atoms with Crippen LogP contribution in [0.3, 0.4) is 0 Å². The summed E-state index contributed by atoms with van der Waals surface area (Å²) < 4.78 is 11.0. The third-order valence-corrected chi connectivity index (χ3v) is 3.02. The summed E-state index contributed by atoms with van der Waals surface area (Å²) in [7, 11) is 0. The second kappa shape index (κ2) is 6.83. The molecule has 0 saturated carbocycles. The maximum absolute atomic E-state index is 11.8. The monoisotopic (exact) mass is 294 g/mol. The highest BCUT2D eigenvalue weighted by Crippen LogP contribution is 2.32. The van der Waals surface area contributed by atoms with Gasteiger partial charge in [-0.1, -0.05) is 6.92 Å². The lowest BCUT2D eigenvalue weighted by molar-refractivity contribution is -0.139. The lowest BCUT2D eigenvalue weighted by Gasteiger charge is -2.14. The van der Waals surface area contributed by atoms with E-state index in [4.69, 9.17) is 14.6 Å². The second-order valence-electron chi connectivity index (χ2n) is 4.61. The number of carboxylic acids is 1. The van der Waals surface area contributed by atoms with E-state index in [-0.39, 0.29) is 0 Å². The van der Waals surface area contributed by atoms with Gasteiger partial charge in [-0.05, 0) is 18.6 Å². The van der Waals surface area contributed by atoms with Crippen LogP contribution in [0.25, 0.3) is 0 Å². The van der Waals surface area contributed by atoms with Gasteiger partial charge in [0.25, 0.3) is 0 Å². The summed E-state index contributed by atoms with van der Waals surface area (Å²) in [5.41, 5.74) is 0.511. The zero-order valence-electron chi connectivity index (χ0n) is 11.7. The van der Waals surface area contributed by atoms with E-state index in [2.05, 4.69) is 10.6 Å². The van der Waals surface area contributed by atoms with Gasteiger partial charge in [-0.15, -0.1) is 0 Å². The number of anilines is 1. The van der Waals surface area contributed by atoms with Crippen molar-refractivity contribution >= 4 is 17.7 Å². The van der Waals surface area contributed by atoms with Gasteiger partial charge in [0.15, 0.2) is 11.5 Å². The van der Waals surface area contributed by atoms with E-state index < -0.39 is 18.0 Å². The number of aliphatic carboxylic acids is 1. The molecule has 1 aliphatic rings. The third-order valence-electron chi connectivity index (χ3n) is 3.02. The summed E-state index contributed by atoms with van der Waals surface area (Å²) >= 11 is 0. The fraction of sp³-hybridized carbons (Fsp3) is 0.429. The number of carboxylic acid groups (broad SMARTS) is 1. The van der Waals surface area contributed by atoms with E-state index in [0.717, 1.165) is 6.42 Å².